The summed E-state index contributed by atoms with van der Waals surface area (Å²) in [5, 5.41) is 7.02. The Morgan fingerprint density at radius 1 is 1.08 bits per heavy atom. The normalized spacial score (nSPS) is 15.8. The van der Waals surface area contributed by atoms with Crippen LogP contribution in [-0.2, 0) is 4.79 Å². The summed E-state index contributed by atoms with van der Waals surface area (Å²) in [6, 6.07) is 9.04. The number of urea groups is 1. The molecule has 7 heteroatoms. The number of rotatable bonds is 3. The van der Waals surface area contributed by atoms with E-state index in [4.69, 9.17) is 0 Å². The topological polar surface area (TPSA) is 70.5 Å². The molecule has 1 aliphatic heterocycles. The van der Waals surface area contributed by atoms with Gasteiger partial charge in [0.05, 0.1) is 0 Å². The number of carbonyl (C=O) groups is 2. The molecule has 1 aromatic heterocycles. The number of carbonyl (C=O) groups excluding carboxylic acids is 2. The van der Waals surface area contributed by atoms with Crippen molar-refractivity contribution in [2.24, 2.45) is 0 Å². The standard InChI is InChI=1S/C18H23N5O2/c1-14-4-6-16(7-5-14)20-18(25)22-12-10-21(11-13-22)17(24)15(2)23-9-3-8-19-23/h3-9,15H,10-13H2,1-2H3,(H,20,25). The molecule has 1 fully saturated rings. The van der Waals surface area contributed by atoms with E-state index in [1.807, 2.05) is 38.1 Å². The smallest absolute Gasteiger partial charge is 0.321 e. The predicted molar refractivity (Wildman–Crippen MR) is 95.3 cm³/mol. The zero-order chi connectivity index (χ0) is 17.8. The van der Waals surface area contributed by atoms with Gasteiger partial charge in [0, 0.05) is 44.3 Å². The molecule has 1 saturated heterocycles. The van der Waals surface area contributed by atoms with Gasteiger partial charge in [-0.15, -0.1) is 0 Å². The highest BCUT2D eigenvalue weighted by atomic mass is 16.2. The summed E-state index contributed by atoms with van der Waals surface area (Å²) in [5.74, 6) is 0.0299. The third kappa shape index (κ3) is 3.99. The first-order valence-corrected chi connectivity index (χ1v) is 8.45. The van der Waals surface area contributed by atoms with Crippen molar-refractivity contribution >= 4 is 17.6 Å². The van der Waals surface area contributed by atoms with Gasteiger partial charge in [0.15, 0.2) is 0 Å². The molecule has 3 rings (SSSR count). The maximum atomic E-state index is 12.5. The van der Waals surface area contributed by atoms with E-state index < -0.39 is 0 Å². The number of nitrogens with one attached hydrogen (secondary N) is 1. The molecular weight excluding hydrogens is 318 g/mol. The van der Waals surface area contributed by atoms with E-state index in [9.17, 15) is 9.59 Å². The lowest BCUT2D eigenvalue weighted by molar-refractivity contribution is -0.136. The first kappa shape index (κ1) is 17.0. The van der Waals surface area contributed by atoms with Gasteiger partial charge in [-0.1, -0.05) is 17.7 Å². The maximum Gasteiger partial charge on any atom is 0.321 e. The molecule has 1 unspecified atom stereocenters. The first-order valence-electron chi connectivity index (χ1n) is 8.45. The highest BCUT2D eigenvalue weighted by Gasteiger charge is 2.27. The lowest BCUT2D eigenvalue weighted by atomic mass is 10.2. The Balaban J connectivity index is 1.52. The number of benzene rings is 1. The number of hydrogen-bond donors (Lipinski definition) is 1. The lowest BCUT2D eigenvalue weighted by Gasteiger charge is -2.35. The van der Waals surface area contributed by atoms with Crippen LogP contribution in [0.1, 0.15) is 18.5 Å². The molecule has 2 heterocycles. The fraction of sp³-hybridized carbons (Fsp3) is 0.389. The largest absolute Gasteiger partial charge is 0.337 e. The zero-order valence-corrected chi connectivity index (χ0v) is 14.6. The van der Waals surface area contributed by atoms with Crippen molar-refractivity contribution in [3.8, 4) is 0 Å². The molecule has 0 aliphatic carbocycles. The summed E-state index contributed by atoms with van der Waals surface area (Å²) in [6.07, 6.45) is 3.45. The fourth-order valence-corrected chi connectivity index (χ4v) is 2.86. The number of aromatic nitrogens is 2. The van der Waals surface area contributed by atoms with Crippen molar-refractivity contribution in [2.75, 3.05) is 31.5 Å². The predicted octanol–water partition coefficient (Wildman–Crippen LogP) is 2.13. The molecule has 7 nitrogen and oxygen atoms in total. The number of nitrogens with zero attached hydrogens (tertiary/aromatic N) is 4. The van der Waals surface area contributed by atoms with E-state index in [-0.39, 0.29) is 18.0 Å². The van der Waals surface area contributed by atoms with E-state index in [2.05, 4.69) is 10.4 Å². The van der Waals surface area contributed by atoms with Gasteiger partial charge in [-0.25, -0.2) is 4.79 Å². The highest BCUT2D eigenvalue weighted by molar-refractivity contribution is 5.89. The number of anilines is 1. The van der Waals surface area contributed by atoms with Gasteiger partial charge in [0.1, 0.15) is 6.04 Å². The van der Waals surface area contributed by atoms with Gasteiger partial charge < -0.3 is 15.1 Å². The van der Waals surface area contributed by atoms with Crippen LogP contribution in [0.3, 0.4) is 0 Å². The Bertz CT molecular complexity index is 718. The minimum atomic E-state index is -0.331. The van der Waals surface area contributed by atoms with Crippen LogP contribution in [0.5, 0.6) is 0 Å². The van der Waals surface area contributed by atoms with Crippen molar-refractivity contribution in [2.45, 2.75) is 19.9 Å². The number of aryl methyl sites for hydroxylation is 1. The van der Waals surface area contributed by atoms with Gasteiger partial charge in [0.25, 0.3) is 0 Å². The van der Waals surface area contributed by atoms with Gasteiger partial charge in [-0.3, -0.25) is 9.48 Å². The van der Waals surface area contributed by atoms with Crippen LogP contribution in [0.4, 0.5) is 10.5 Å². The van der Waals surface area contributed by atoms with Gasteiger partial charge >= 0.3 is 6.03 Å². The first-order chi connectivity index (χ1) is 12.0. The van der Waals surface area contributed by atoms with E-state index in [0.29, 0.717) is 26.2 Å². The van der Waals surface area contributed by atoms with Gasteiger partial charge in [-0.2, -0.15) is 5.10 Å². The van der Waals surface area contributed by atoms with Crippen LogP contribution in [-0.4, -0.2) is 57.7 Å². The Kier molecular flexibility index (Phi) is 5.02. The van der Waals surface area contributed by atoms with E-state index in [0.717, 1.165) is 11.3 Å². The van der Waals surface area contributed by atoms with E-state index in [1.165, 1.54) is 0 Å². The summed E-state index contributed by atoms with van der Waals surface area (Å²) < 4.78 is 1.65. The second-order valence-electron chi connectivity index (χ2n) is 6.27. The second kappa shape index (κ2) is 7.38. The average Bonchev–Trinajstić information content (AvgIpc) is 3.17. The summed E-state index contributed by atoms with van der Waals surface area (Å²) >= 11 is 0. The number of amides is 3. The Morgan fingerprint density at radius 2 is 1.72 bits per heavy atom. The van der Waals surface area contributed by atoms with Crippen LogP contribution < -0.4 is 5.32 Å². The molecule has 0 bridgehead atoms. The minimum absolute atomic E-state index is 0.0299. The zero-order valence-electron chi connectivity index (χ0n) is 14.6. The van der Waals surface area contributed by atoms with E-state index >= 15 is 0 Å². The van der Waals surface area contributed by atoms with Crippen LogP contribution in [0, 0.1) is 6.92 Å². The van der Waals surface area contributed by atoms with Crippen molar-refractivity contribution < 1.29 is 9.59 Å². The minimum Gasteiger partial charge on any atom is -0.337 e. The molecule has 132 valence electrons. The molecule has 2 aromatic rings. The van der Waals surface area contributed by atoms with E-state index in [1.54, 1.807) is 32.9 Å². The fourth-order valence-electron chi connectivity index (χ4n) is 2.86. The van der Waals surface area contributed by atoms with Crippen molar-refractivity contribution in [1.29, 1.82) is 0 Å². The van der Waals surface area contributed by atoms with Crippen molar-refractivity contribution in [3.63, 3.8) is 0 Å². The van der Waals surface area contributed by atoms with Crippen LogP contribution >= 0.6 is 0 Å². The number of hydrogen-bond acceptors (Lipinski definition) is 3. The summed E-state index contributed by atoms with van der Waals surface area (Å²) in [4.78, 5) is 28.4. The summed E-state index contributed by atoms with van der Waals surface area (Å²) in [7, 11) is 0. The molecule has 1 aliphatic rings. The Labute approximate surface area is 147 Å². The van der Waals surface area contributed by atoms with Gasteiger partial charge in [0.2, 0.25) is 5.91 Å². The van der Waals surface area contributed by atoms with Crippen LogP contribution in [0.2, 0.25) is 0 Å². The monoisotopic (exact) mass is 341 g/mol. The Hall–Kier alpha value is -2.83. The molecule has 1 N–H and O–H groups in total. The molecular formula is C18H23N5O2. The van der Waals surface area contributed by atoms with Crippen molar-refractivity contribution in [1.82, 2.24) is 19.6 Å². The average molecular weight is 341 g/mol. The van der Waals surface area contributed by atoms with Crippen molar-refractivity contribution in [3.05, 3.63) is 48.3 Å². The number of piperazine rings is 1. The molecule has 0 spiro atoms. The SMILES string of the molecule is Cc1ccc(NC(=O)N2CCN(C(=O)C(C)n3cccn3)CC2)cc1. The molecule has 0 saturated carbocycles. The molecule has 1 atom stereocenters. The maximum absolute atomic E-state index is 12.5. The molecule has 0 radical (unpaired) electrons. The molecule has 3 amide bonds. The van der Waals surface area contributed by atoms with Crippen LogP contribution in [0.25, 0.3) is 0 Å². The van der Waals surface area contributed by atoms with Gasteiger partial charge in [-0.05, 0) is 32.0 Å². The lowest BCUT2D eigenvalue weighted by Crippen LogP contribution is -2.52. The quantitative estimate of drug-likeness (QED) is 0.930. The highest BCUT2D eigenvalue weighted by Crippen LogP contribution is 2.13. The molecule has 25 heavy (non-hydrogen) atoms. The third-order valence-corrected chi connectivity index (χ3v) is 4.46. The summed E-state index contributed by atoms with van der Waals surface area (Å²) in [6.45, 7) is 5.96. The summed E-state index contributed by atoms with van der Waals surface area (Å²) in [5.41, 5.74) is 1.93. The second-order valence-corrected chi connectivity index (χ2v) is 6.27. The van der Waals surface area contributed by atoms with Crippen LogP contribution in [0.15, 0.2) is 42.7 Å². The molecule has 1 aromatic carbocycles. The Morgan fingerprint density at radius 3 is 2.32 bits per heavy atom. The third-order valence-electron chi connectivity index (χ3n) is 4.46.